The van der Waals surface area contributed by atoms with Crippen LogP contribution in [0, 0.1) is 11.6 Å². The molecule has 0 amide bonds. The number of ether oxygens (including phenoxy) is 1. The number of aliphatic carboxylic acids is 1. The van der Waals surface area contributed by atoms with E-state index in [1.54, 1.807) is 30.6 Å². The number of hydrogen-bond donors (Lipinski definition) is 1. The molecule has 2 aromatic carbocycles. The summed E-state index contributed by atoms with van der Waals surface area (Å²) in [6, 6.07) is 9.11. The van der Waals surface area contributed by atoms with Crippen LogP contribution in [0.4, 0.5) is 14.7 Å². The predicted octanol–water partition coefficient (Wildman–Crippen LogP) is 4.68. The van der Waals surface area contributed by atoms with Crippen LogP contribution < -0.4 is 9.64 Å². The van der Waals surface area contributed by atoms with Crippen molar-refractivity contribution in [2.45, 2.75) is 32.4 Å². The van der Waals surface area contributed by atoms with Crippen molar-refractivity contribution < 1.29 is 23.4 Å². The third kappa shape index (κ3) is 6.09. The second-order valence-electron chi connectivity index (χ2n) is 8.93. The number of hydrogen-bond acceptors (Lipinski definition) is 6. The van der Waals surface area contributed by atoms with Crippen molar-refractivity contribution in [1.29, 1.82) is 0 Å². The molecule has 0 spiro atoms. The fourth-order valence-electron chi connectivity index (χ4n) is 4.47. The summed E-state index contributed by atoms with van der Waals surface area (Å²) in [5.74, 6) is -1.65. The lowest BCUT2D eigenvalue weighted by Crippen LogP contribution is -2.58. The number of halogens is 3. The molecule has 7 nitrogen and oxygen atoms in total. The average Bonchev–Trinajstić information content (AvgIpc) is 2.84. The Labute approximate surface area is 213 Å². The number of carboxylic acid groups (broad SMARTS) is 1. The first-order valence-electron chi connectivity index (χ1n) is 11.6. The molecule has 190 valence electrons. The third-order valence-corrected chi connectivity index (χ3v) is 6.55. The van der Waals surface area contributed by atoms with Crippen molar-refractivity contribution in [2.75, 3.05) is 31.1 Å². The molecule has 4 rings (SSSR count). The second-order valence-corrected chi connectivity index (χ2v) is 9.33. The molecular weight excluding hydrogens is 490 g/mol. The van der Waals surface area contributed by atoms with Crippen molar-refractivity contribution in [3.8, 4) is 16.9 Å². The van der Waals surface area contributed by atoms with E-state index in [4.69, 9.17) is 21.4 Å². The van der Waals surface area contributed by atoms with E-state index in [1.807, 2.05) is 0 Å². The summed E-state index contributed by atoms with van der Waals surface area (Å²) >= 11 is 6.22. The van der Waals surface area contributed by atoms with E-state index in [2.05, 4.69) is 33.6 Å². The van der Waals surface area contributed by atoms with Gasteiger partial charge in [0, 0.05) is 49.7 Å². The normalized spacial score (nSPS) is 18.3. The molecule has 10 heteroatoms. The number of carboxylic acids is 1. The zero-order valence-electron chi connectivity index (χ0n) is 20.0. The van der Waals surface area contributed by atoms with Gasteiger partial charge in [0.05, 0.1) is 11.4 Å². The summed E-state index contributed by atoms with van der Waals surface area (Å²) in [7, 11) is 0. The maximum Gasteiger partial charge on any atom is 0.307 e. The van der Waals surface area contributed by atoms with Gasteiger partial charge in [-0.1, -0.05) is 23.7 Å². The monoisotopic (exact) mass is 516 g/mol. The topological polar surface area (TPSA) is 78.8 Å². The summed E-state index contributed by atoms with van der Waals surface area (Å²) < 4.78 is 32.7. The molecule has 0 saturated carbocycles. The average molecular weight is 517 g/mol. The van der Waals surface area contributed by atoms with Crippen LogP contribution >= 0.6 is 11.6 Å². The summed E-state index contributed by atoms with van der Waals surface area (Å²) in [6.45, 7) is 6.75. The summed E-state index contributed by atoms with van der Waals surface area (Å²) in [4.78, 5) is 24.3. The minimum atomic E-state index is -0.910. The molecule has 1 N–H and O–H groups in total. The Hall–Kier alpha value is -3.30. The molecule has 1 aliphatic heterocycles. The Morgan fingerprint density at radius 1 is 1.06 bits per heavy atom. The lowest BCUT2D eigenvalue weighted by molar-refractivity contribution is -0.136. The van der Waals surface area contributed by atoms with Crippen LogP contribution in [0.5, 0.6) is 5.75 Å². The Balaban J connectivity index is 1.34. The van der Waals surface area contributed by atoms with Crippen molar-refractivity contribution in [2.24, 2.45) is 0 Å². The van der Waals surface area contributed by atoms with Crippen LogP contribution in [0.1, 0.15) is 19.4 Å². The smallest absolute Gasteiger partial charge is 0.307 e. The first-order chi connectivity index (χ1) is 17.2. The van der Waals surface area contributed by atoms with Crippen molar-refractivity contribution in [1.82, 2.24) is 14.9 Å². The first-order valence-corrected chi connectivity index (χ1v) is 12.0. The van der Waals surface area contributed by atoms with Gasteiger partial charge in [0.1, 0.15) is 12.4 Å². The van der Waals surface area contributed by atoms with E-state index in [9.17, 15) is 13.6 Å². The van der Waals surface area contributed by atoms with E-state index in [-0.39, 0.29) is 18.5 Å². The van der Waals surface area contributed by atoms with Crippen LogP contribution in [-0.4, -0.2) is 64.3 Å². The third-order valence-electron chi connectivity index (χ3n) is 6.23. The largest absolute Gasteiger partial charge is 0.491 e. The molecule has 1 aliphatic rings. The first kappa shape index (κ1) is 25.8. The maximum atomic E-state index is 13.6. The molecule has 3 aromatic rings. The van der Waals surface area contributed by atoms with E-state index in [0.717, 1.165) is 12.1 Å². The van der Waals surface area contributed by atoms with Gasteiger partial charge in [-0.15, -0.1) is 0 Å². The number of rotatable bonds is 8. The highest BCUT2D eigenvalue weighted by molar-refractivity contribution is 6.32. The van der Waals surface area contributed by atoms with Gasteiger partial charge in [-0.3, -0.25) is 9.69 Å². The summed E-state index contributed by atoms with van der Waals surface area (Å²) in [5.41, 5.74) is 1.76. The van der Waals surface area contributed by atoms with Gasteiger partial charge in [-0.05, 0) is 49.2 Å². The maximum absolute atomic E-state index is 13.6. The van der Waals surface area contributed by atoms with Gasteiger partial charge in [0.2, 0.25) is 5.95 Å². The van der Waals surface area contributed by atoms with E-state index < -0.39 is 17.6 Å². The molecule has 0 unspecified atom stereocenters. The Morgan fingerprint density at radius 2 is 1.75 bits per heavy atom. The van der Waals surface area contributed by atoms with Crippen molar-refractivity contribution in [3.63, 3.8) is 0 Å². The van der Waals surface area contributed by atoms with Crippen LogP contribution in [0.2, 0.25) is 5.02 Å². The molecule has 1 fully saturated rings. The Bertz CT molecular complexity index is 1220. The van der Waals surface area contributed by atoms with E-state index in [0.29, 0.717) is 59.7 Å². The molecular formula is C26H27ClF2N4O3. The number of anilines is 1. The number of nitrogens with zero attached hydrogens (tertiary/aromatic N) is 4. The Kier molecular flexibility index (Phi) is 8.01. The van der Waals surface area contributed by atoms with Gasteiger partial charge in [-0.2, -0.15) is 0 Å². The van der Waals surface area contributed by atoms with Crippen LogP contribution in [0.15, 0.2) is 48.8 Å². The summed E-state index contributed by atoms with van der Waals surface area (Å²) in [5, 5.41) is 9.44. The number of carbonyl (C=O) groups is 1. The number of piperazine rings is 1. The van der Waals surface area contributed by atoms with Crippen molar-refractivity contribution in [3.05, 3.63) is 71.0 Å². The van der Waals surface area contributed by atoms with E-state index in [1.165, 1.54) is 6.07 Å². The SMILES string of the molecule is C[C@@H]1CN(c2ncc(-c3ccc(F)c(F)c3)cn2)C[C@H](C)N1CCOc1cc(CC(=O)O)ccc1Cl. The lowest BCUT2D eigenvalue weighted by Gasteiger charge is -2.44. The van der Waals surface area contributed by atoms with Crippen LogP contribution in [-0.2, 0) is 11.2 Å². The van der Waals surface area contributed by atoms with Gasteiger partial charge < -0.3 is 14.7 Å². The standard InChI is InChI=1S/C26H27ClF2N4O3/c1-16-14-32(26-30-12-20(13-31-26)19-4-6-22(28)23(29)11-19)15-17(2)33(16)7-8-36-24-9-18(10-25(34)35)3-5-21(24)27/h3-6,9,11-13,16-17H,7-8,10,14-15H2,1-2H3,(H,34,35)/t16-,17+. The molecule has 1 saturated heterocycles. The molecule has 0 radical (unpaired) electrons. The molecule has 0 aliphatic carbocycles. The highest BCUT2D eigenvalue weighted by Gasteiger charge is 2.30. The lowest BCUT2D eigenvalue weighted by atomic mass is 10.1. The van der Waals surface area contributed by atoms with E-state index >= 15 is 0 Å². The highest BCUT2D eigenvalue weighted by Crippen LogP contribution is 2.27. The quantitative estimate of drug-likeness (QED) is 0.465. The minimum Gasteiger partial charge on any atom is -0.491 e. The Morgan fingerprint density at radius 3 is 2.39 bits per heavy atom. The van der Waals surface area contributed by atoms with Crippen molar-refractivity contribution >= 4 is 23.5 Å². The van der Waals surface area contributed by atoms with Gasteiger partial charge in [0.25, 0.3) is 0 Å². The molecule has 1 aromatic heterocycles. The fourth-order valence-corrected chi connectivity index (χ4v) is 4.65. The van der Waals surface area contributed by atoms with Gasteiger partial charge in [-0.25, -0.2) is 18.7 Å². The van der Waals surface area contributed by atoms with Gasteiger partial charge >= 0.3 is 5.97 Å². The van der Waals surface area contributed by atoms with Gasteiger partial charge in [0.15, 0.2) is 11.6 Å². The van der Waals surface area contributed by atoms with Crippen LogP contribution in [0.25, 0.3) is 11.1 Å². The zero-order valence-corrected chi connectivity index (χ0v) is 20.8. The summed E-state index contributed by atoms with van der Waals surface area (Å²) in [6.07, 6.45) is 3.15. The zero-order chi connectivity index (χ0) is 25.8. The number of benzene rings is 2. The second kappa shape index (κ2) is 11.2. The highest BCUT2D eigenvalue weighted by atomic mass is 35.5. The molecule has 36 heavy (non-hydrogen) atoms. The molecule has 2 heterocycles. The number of aromatic nitrogens is 2. The van der Waals surface area contributed by atoms with Crippen LogP contribution in [0.3, 0.4) is 0 Å². The minimum absolute atomic E-state index is 0.0899. The fraction of sp³-hybridized carbons (Fsp3) is 0.346. The molecule has 2 atom stereocenters. The predicted molar refractivity (Wildman–Crippen MR) is 134 cm³/mol. The molecule has 0 bridgehead atoms.